The maximum absolute atomic E-state index is 13.8. The summed E-state index contributed by atoms with van der Waals surface area (Å²) in [4.78, 5) is 18.8. The molecule has 0 amide bonds. The minimum atomic E-state index is 0.0701. The third kappa shape index (κ3) is 5.54. The summed E-state index contributed by atoms with van der Waals surface area (Å²) in [7, 11) is 0. The summed E-state index contributed by atoms with van der Waals surface area (Å²) < 4.78 is 9.41. The molecule has 3 fully saturated rings. The number of benzene rings is 1. The van der Waals surface area contributed by atoms with Gasteiger partial charge in [0.2, 0.25) is 0 Å². The second kappa shape index (κ2) is 11.0. The molecule has 3 heterocycles. The van der Waals surface area contributed by atoms with E-state index in [4.69, 9.17) is 27.9 Å². The molecule has 1 aromatic heterocycles. The van der Waals surface area contributed by atoms with Gasteiger partial charge in [0.15, 0.2) is 0 Å². The number of hydrogen-bond donors (Lipinski definition) is 0. The van der Waals surface area contributed by atoms with Gasteiger partial charge in [-0.05, 0) is 62.0 Å². The van der Waals surface area contributed by atoms with E-state index in [1.165, 1.54) is 25.7 Å². The normalized spacial score (nSPS) is 25.6. The molecule has 0 N–H and O–H groups in total. The number of fused-ring (bicyclic) bond motifs is 1. The molecule has 0 bridgehead atoms. The fraction of sp³-hybridized carbons (Fsp3) is 0.750. The zero-order valence-electron chi connectivity index (χ0n) is 22.1. The van der Waals surface area contributed by atoms with Crippen molar-refractivity contribution < 1.29 is 4.74 Å². The van der Waals surface area contributed by atoms with Gasteiger partial charge in [-0.1, -0.05) is 44.0 Å². The quantitative estimate of drug-likeness (QED) is 0.492. The molecule has 200 valence electrons. The lowest BCUT2D eigenvalue weighted by Crippen LogP contribution is -2.45. The summed E-state index contributed by atoms with van der Waals surface area (Å²) >= 11 is 12.8. The molecule has 2 saturated heterocycles. The van der Waals surface area contributed by atoms with Gasteiger partial charge in [-0.3, -0.25) is 14.0 Å². The molecule has 0 spiro atoms. The number of rotatable bonds is 5. The number of ether oxygens (including phenoxy) is 1. The van der Waals surface area contributed by atoms with Gasteiger partial charge in [0, 0.05) is 51.4 Å². The van der Waals surface area contributed by atoms with Crippen LogP contribution in [0.5, 0.6) is 0 Å². The Morgan fingerprint density at radius 3 is 2.06 bits per heavy atom. The fourth-order valence-electron chi connectivity index (χ4n) is 6.72. The van der Waals surface area contributed by atoms with Crippen LogP contribution in [-0.4, -0.2) is 70.9 Å². The Balaban J connectivity index is 1.31. The highest BCUT2D eigenvalue weighted by Crippen LogP contribution is 2.40. The van der Waals surface area contributed by atoms with Crippen molar-refractivity contribution >= 4 is 34.2 Å². The summed E-state index contributed by atoms with van der Waals surface area (Å²) in [5, 5.41) is 1.01. The van der Waals surface area contributed by atoms with Crippen molar-refractivity contribution in [2.24, 2.45) is 11.3 Å². The van der Waals surface area contributed by atoms with Crippen LogP contribution in [0.3, 0.4) is 0 Å². The van der Waals surface area contributed by atoms with E-state index < -0.39 is 0 Å². The maximum atomic E-state index is 13.8. The summed E-state index contributed by atoms with van der Waals surface area (Å²) in [6.45, 7) is 14.1. The van der Waals surface area contributed by atoms with Gasteiger partial charge in [0.1, 0.15) is 0 Å². The van der Waals surface area contributed by atoms with Gasteiger partial charge in [-0.25, -0.2) is 4.79 Å². The van der Waals surface area contributed by atoms with E-state index in [1.807, 2.05) is 21.3 Å². The molecule has 1 aromatic carbocycles. The highest BCUT2D eigenvalue weighted by molar-refractivity contribution is 6.42. The summed E-state index contributed by atoms with van der Waals surface area (Å²) in [5.41, 5.74) is 2.30. The second-order valence-corrected chi connectivity index (χ2v) is 13.0. The van der Waals surface area contributed by atoms with Crippen LogP contribution < -0.4 is 5.69 Å². The predicted molar refractivity (Wildman–Crippen MR) is 149 cm³/mol. The summed E-state index contributed by atoms with van der Waals surface area (Å²) in [5.74, 6) is 0.838. The average Bonchev–Trinajstić information content (AvgIpc) is 3.13. The molecule has 3 aliphatic rings. The third-order valence-corrected chi connectivity index (χ3v) is 9.77. The Bertz CT molecular complexity index is 1100. The number of morpholine rings is 1. The lowest BCUT2D eigenvalue weighted by molar-refractivity contribution is 0.0363. The highest BCUT2D eigenvalue weighted by Gasteiger charge is 2.34. The number of halogens is 2. The van der Waals surface area contributed by atoms with Crippen LogP contribution in [0, 0.1) is 11.3 Å². The number of piperidine rings is 1. The van der Waals surface area contributed by atoms with Crippen molar-refractivity contribution in [2.75, 3.05) is 45.9 Å². The summed E-state index contributed by atoms with van der Waals surface area (Å²) in [6.07, 6.45) is 7.29. The van der Waals surface area contributed by atoms with Crippen molar-refractivity contribution in [1.82, 2.24) is 18.9 Å². The molecule has 1 aliphatic carbocycles. The molecule has 5 rings (SSSR count). The van der Waals surface area contributed by atoms with Gasteiger partial charge in [0.25, 0.3) is 0 Å². The summed E-state index contributed by atoms with van der Waals surface area (Å²) in [6, 6.07) is 4.67. The number of imidazole rings is 1. The van der Waals surface area contributed by atoms with Gasteiger partial charge in [-0.2, -0.15) is 0 Å². The largest absolute Gasteiger partial charge is 0.379 e. The van der Waals surface area contributed by atoms with E-state index in [-0.39, 0.29) is 11.7 Å². The van der Waals surface area contributed by atoms with E-state index >= 15 is 0 Å². The molecular weight excluding hydrogens is 495 g/mol. The van der Waals surface area contributed by atoms with Gasteiger partial charge in [-0.15, -0.1) is 0 Å². The molecule has 0 atom stereocenters. The first-order chi connectivity index (χ1) is 17.2. The predicted octanol–water partition coefficient (Wildman–Crippen LogP) is 5.68. The van der Waals surface area contributed by atoms with Crippen LogP contribution in [-0.2, 0) is 11.3 Å². The fourth-order valence-corrected chi connectivity index (χ4v) is 7.04. The van der Waals surface area contributed by atoms with Crippen LogP contribution in [0.2, 0.25) is 10.0 Å². The number of hydrogen-bond acceptors (Lipinski definition) is 4. The van der Waals surface area contributed by atoms with Crippen LogP contribution in [0.1, 0.15) is 65.3 Å². The molecule has 6 nitrogen and oxygen atoms in total. The maximum Gasteiger partial charge on any atom is 0.329 e. The number of aromatic nitrogens is 2. The minimum Gasteiger partial charge on any atom is -0.379 e. The topological polar surface area (TPSA) is 42.6 Å². The molecule has 36 heavy (non-hydrogen) atoms. The Kier molecular flexibility index (Phi) is 8.10. The minimum absolute atomic E-state index is 0.0701. The molecule has 0 radical (unpaired) electrons. The van der Waals surface area contributed by atoms with E-state index in [0.29, 0.717) is 28.0 Å². The SMILES string of the molecule is CC(C)(C)C1CCC(N2CCC(n3c(=O)n(CCN4CCOCC4)c4cc(Cl)c(Cl)cc43)CC2)CC1. The van der Waals surface area contributed by atoms with E-state index in [9.17, 15) is 4.79 Å². The second-order valence-electron chi connectivity index (χ2n) is 12.2. The van der Waals surface area contributed by atoms with Gasteiger partial charge in [0.05, 0.1) is 34.3 Å². The zero-order chi connectivity index (χ0) is 25.4. The lowest BCUT2D eigenvalue weighted by Gasteiger charge is -2.43. The van der Waals surface area contributed by atoms with Gasteiger partial charge < -0.3 is 9.64 Å². The Hall–Kier alpha value is -1.05. The van der Waals surface area contributed by atoms with Crippen LogP contribution in [0.25, 0.3) is 11.0 Å². The van der Waals surface area contributed by atoms with Crippen molar-refractivity contribution in [3.63, 3.8) is 0 Å². The number of likely N-dealkylation sites (tertiary alicyclic amines) is 1. The van der Waals surface area contributed by atoms with E-state index in [0.717, 1.165) is 75.7 Å². The average molecular weight is 538 g/mol. The van der Waals surface area contributed by atoms with Crippen LogP contribution >= 0.6 is 23.2 Å². The Labute approximate surface area is 225 Å². The van der Waals surface area contributed by atoms with Crippen molar-refractivity contribution in [3.8, 4) is 0 Å². The highest BCUT2D eigenvalue weighted by atomic mass is 35.5. The molecule has 0 unspecified atom stereocenters. The number of nitrogens with zero attached hydrogens (tertiary/aromatic N) is 4. The smallest absolute Gasteiger partial charge is 0.329 e. The van der Waals surface area contributed by atoms with Crippen molar-refractivity contribution in [1.29, 1.82) is 0 Å². The standard InChI is InChI=1S/C28H42Cl2N4O2/c1-28(2,3)20-4-6-21(7-5-20)32-10-8-22(9-11-32)34-26-19-24(30)23(29)18-25(26)33(27(34)35)13-12-31-14-16-36-17-15-31/h18-22H,4-17H2,1-3H3. The van der Waals surface area contributed by atoms with Gasteiger partial charge >= 0.3 is 5.69 Å². The molecule has 2 aromatic rings. The van der Waals surface area contributed by atoms with E-state index in [2.05, 4.69) is 30.6 Å². The monoisotopic (exact) mass is 536 g/mol. The van der Waals surface area contributed by atoms with Crippen LogP contribution in [0.15, 0.2) is 16.9 Å². The van der Waals surface area contributed by atoms with Crippen LogP contribution in [0.4, 0.5) is 0 Å². The lowest BCUT2D eigenvalue weighted by atomic mass is 9.71. The molecular formula is C28H42Cl2N4O2. The molecule has 8 heteroatoms. The molecule has 2 aliphatic heterocycles. The Morgan fingerprint density at radius 1 is 0.833 bits per heavy atom. The third-order valence-electron chi connectivity index (χ3n) is 9.05. The van der Waals surface area contributed by atoms with Crippen molar-refractivity contribution in [3.05, 3.63) is 32.7 Å². The van der Waals surface area contributed by atoms with E-state index in [1.54, 1.807) is 0 Å². The molecule has 1 saturated carbocycles. The Morgan fingerprint density at radius 2 is 1.44 bits per heavy atom. The first-order valence-corrected chi connectivity index (χ1v) is 14.6. The first kappa shape index (κ1) is 26.6. The first-order valence-electron chi connectivity index (χ1n) is 13.9. The zero-order valence-corrected chi connectivity index (χ0v) is 23.7. The van der Waals surface area contributed by atoms with Crippen molar-refractivity contribution in [2.45, 2.75) is 77.9 Å².